The van der Waals surface area contributed by atoms with Gasteiger partial charge in [0.15, 0.2) is 5.60 Å². The number of fused-ring (bicyclic) bond motifs is 1. The maximum Gasteiger partial charge on any atom is 0.264 e. The normalized spacial score (nSPS) is 18.3. The maximum absolute atomic E-state index is 13.1. The summed E-state index contributed by atoms with van der Waals surface area (Å²) in [7, 11) is 0. The Kier molecular flexibility index (Phi) is 4.63. The largest absolute Gasteiger partial charge is 0.475 e. The van der Waals surface area contributed by atoms with Gasteiger partial charge in [0.05, 0.1) is 17.9 Å². The van der Waals surface area contributed by atoms with Crippen LogP contribution in [0.15, 0.2) is 18.3 Å². The fourth-order valence-corrected chi connectivity index (χ4v) is 3.85. The van der Waals surface area contributed by atoms with Crippen molar-refractivity contribution in [2.45, 2.75) is 51.2 Å². The molecule has 0 aromatic carbocycles. The lowest BCUT2D eigenvalue weighted by Gasteiger charge is -2.36. The van der Waals surface area contributed by atoms with Gasteiger partial charge in [-0.3, -0.25) is 14.9 Å². The molecule has 2 aromatic rings. The van der Waals surface area contributed by atoms with E-state index in [0.29, 0.717) is 25.1 Å². The van der Waals surface area contributed by atoms with E-state index in [1.807, 2.05) is 19.1 Å². The number of carbonyl (C=O) groups excluding carboxylic acids is 1. The molecule has 1 saturated heterocycles. The molecular weight excluding hydrogens is 330 g/mol. The number of H-pyrrole nitrogens is 1. The standard InChI is InChI=1S/C19H25N5O2/c1-13-17(6-3-9-21-13)26-19(7-10-20-11-8-19)18(25)22-12-16-14-4-2-5-15(14)23-24-16/h3,6,9,20H,2,4-5,7-8,10-12H2,1H3,(H,22,25)(H,23,24). The van der Waals surface area contributed by atoms with Gasteiger partial charge in [-0.2, -0.15) is 5.10 Å². The van der Waals surface area contributed by atoms with Crippen LogP contribution in [0.25, 0.3) is 0 Å². The van der Waals surface area contributed by atoms with Gasteiger partial charge in [-0.05, 0) is 57.0 Å². The number of amides is 1. The zero-order valence-electron chi connectivity index (χ0n) is 15.1. The quantitative estimate of drug-likeness (QED) is 0.754. The van der Waals surface area contributed by atoms with Crippen LogP contribution in [0.4, 0.5) is 0 Å². The maximum atomic E-state index is 13.1. The molecule has 138 valence electrons. The molecule has 3 heterocycles. The highest BCUT2D eigenvalue weighted by atomic mass is 16.5. The molecule has 0 saturated carbocycles. The summed E-state index contributed by atoms with van der Waals surface area (Å²) in [6, 6.07) is 3.71. The Labute approximate surface area is 152 Å². The number of aromatic amines is 1. The van der Waals surface area contributed by atoms with Crippen LogP contribution in [0.2, 0.25) is 0 Å². The molecule has 3 N–H and O–H groups in total. The molecule has 7 heteroatoms. The Bertz CT molecular complexity index is 795. The van der Waals surface area contributed by atoms with Gasteiger partial charge in [-0.1, -0.05) is 0 Å². The van der Waals surface area contributed by atoms with E-state index in [1.54, 1.807) is 6.20 Å². The number of carbonyl (C=O) groups is 1. The Morgan fingerprint density at radius 2 is 2.19 bits per heavy atom. The average Bonchev–Trinajstić information content (AvgIpc) is 3.26. The Morgan fingerprint density at radius 1 is 1.35 bits per heavy atom. The minimum Gasteiger partial charge on any atom is -0.475 e. The predicted molar refractivity (Wildman–Crippen MR) is 96.9 cm³/mol. The van der Waals surface area contributed by atoms with Crippen LogP contribution in [-0.2, 0) is 24.2 Å². The summed E-state index contributed by atoms with van der Waals surface area (Å²) in [6.07, 6.45) is 6.24. The SMILES string of the molecule is Cc1ncccc1OC1(C(=O)NCc2n[nH]c3c2CCC3)CCNCC1. The minimum absolute atomic E-state index is 0.0722. The zero-order chi connectivity index (χ0) is 18.0. The molecule has 0 unspecified atom stereocenters. The van der Waals surface area contributed by atoms with E-state index < -0.39 is 5.60 Å². The Morgan fingerprint density at radius 3 is 3.00 bits per heavy atom. The van der Waals surface area contributed by atoms with E-state index >= 15 is 0 Å². The first-order chi connectivity index (χ1) is 12.7. The smallest absolute Gasteiger partial charge is 0.264 e. The fourth-order valence-electron chi connectivity index (χ4n) is 3.85. The van der Waals surface area contributed by atoms with Crippen molar-refractivity contribution in [3.05, 3.63) is 41.0 Å². The molecule has 7 nitrogen and oxygen atoms in total. The van der Waals surface area contributed by atoms with Crippen molar-refractivity contribution in [1.29, 1.82) is 0 Å². The summed E-state index contributed by atoms with van der Waals surface area (Å²) in [5.41, 5.74) is 3.37. The molecule has 1 amide bonds. The number of ether oxygens (including phenoxy) is 1. The molecule has 0 spiro atoms. The molecular formula is C19H25N5O2. The first-order valence-corrected chi connectivity index (χ1v) is 9.33. The van der Waals surface area contributed by atoms with E-state index in [2.05, 4.69) is 25.8 Å². The number of hydrogen-bond donors (Lipinski definition) is 3. The van der Waals surface area contributed by atoms with Gasteiger partial charge in [0.1, 0.15) is 5.75 Å². The zero-order valence-corrected chi connectivity index (χ0v) is 15.1. The van der Waals surface area contributed by atoms with E-state index in [4.69, 9.17) is 4.74 Å². The van der Waals surface area contributed by atoms with Crippen molar-refractivity contribution < 1.29 is 9.53 Å². The monoisotopic (exact) mass is 355 g/mol. The first-order valence-electron chi connectivity index (χ1n) is 9.33. The summed E-state index contributed by atoms with van der Waals surface area (Å²) in [5.74, 6) is 0.599. The topological polar surface area (TPSA) is 91.9 Å². The second-order valence-corrected chi connectivity index (χ2v) is 7.10. The van der Waals surface area contributed by atoms with Crippen molar-refractivity contribution in [3.63, 3.8) is 0 Å². The highest BCUT2D eigenvalue weighted by Gasteiger charge is 2.42. The van der Waals surface area contributed by atoms with Gasteiger partial charge in [-0.15, -0.1) is 0 Å². The molecule has 1 fully saturated rings. The Balaban J connectivity index is 1.50. The van der Waals surface area contributed by atoms with Crippen molar-refractivity contribution in [2.75, 3.05) is 13.1 Å². The van der Waals surface area contributed by atoms with Crippen LogP contribution < -0.4 is 15.4 Å². The minimum atomic E-state index is -0.863. The van der Waals surface area contributed by atoms with E-state index in [1.165, 1.54) is 11.3 Å². The molecule has 4 rings (SSSR count). The number of pyridine rings is 1. The fraction of sp³-hybridized carbons (Fsp3) is 0.526. The second-order valence-electron chi connectivity index (χ2n) is 7.10. The summed E-state index contributed by atoms with van der Waals surface area (Å²) in [6.45, 7) is 3.85. The third kappa shape index (κ3) is 3.19. The molecule has 0 atom stereocenters. The number of piperidine rings is 1. The lowest BCUT2D eigenvalue weighted by molar-refractivity contribution is -0.139. The van der Waals surface area contributed by atoms with Crippen LogP contribution >= 0.6 is 0 Å². The van der Waals surface area contributed by atoms with Gasteiger partial charge in [0, 0.05) is 24.7 Å². The first kappa shape index (κ1) is 17.0. The molecule has 2 aromatic heterocycles. The molecule has 26 heavy (non-hydrogen) atoms. The number of hydrogen-bond acceptors (Lipinski definition) is 5. The van der Waals surface area contributed by atoms with Crippen LogP contribution in [-0.4, -0.2) is 39.8 Å². The predicted octanol–water partition coefficient (Wildman–Crippen LogP) is 1.42. The summed E-state index contributed by atoms with van der Waals surface area (Å²) >= 11 is 0. The van der Waals surface area contributed by atoms with Crippen LogP contribution in [0, 0.1) is 6.92 Å². The van der Waals surface area contributed by atoms with Crippen LogP contribution in [0.5, 0.6) is 5.75 Å². The van der Waals surface area contributed by atoms with Crippen molar-refractivity contribution in [1.82, 2.24) is 25.8 Å². The second kappa shape index (κ2) is 7.07. The summed E-state index contributed by atoms with van der Waals surface area (Å²) in [4.78, 5) is 17.4. The number of nitrogens with zero attached hydrogens (tertiary/aromatic N) is 2. The number of rotatable bonds is 5. The number of aryl methyl sites for hydroxylation is 2. The van der Waals surface area contributed by atoms with Gasteiger partial charge in [-0.25, -0.2) is 0 Å². The van der Waals surface area contributed by atoms with Crippen molar-refractivity contribution in [3.8, 4) is 5.75 Å². The van der Waals surface area contributed by atoms with Crippen molar-refractivity contribution >= 4 is 5.91 Å². The third-order valence-corrected chi connectivity index (χ3v) is 5.40. The number of aromatic nitrogens is 3. The number of nitrogens with one attached hydrogen (secondary N) is 3. The summed E-state index contributed by atoms with van der Waals surface area (Å²) in [5, 5.41) is 13.8. The van der Waals surface area contributed by atoms with Crippen molar-refractivity contribution in [2.24, 2.45) is 0 Å². The average molecular weight is 355 g/mol. The van der Waals surface area contributed by atoms with Crippen LogP contribution in [0.1, 0.15) is 41.9 Å². The van der Waals surface area contributed by atoms with Gasteiger partial charge in [0.25, 0.3) is 5.91 Å². The molecule has 0 bridgehead atoms. The molecule has 0 radical (unpaired) electrons. The van der Waals surface area contributed by atoms with Gasteiger partial charge < -0.3 is 15.4 Å². The lowest BCUT2D eigenvalue weighted by atomic mass is 9.90. The van der Waals surface area contributed by atoms with Gasteiger partial charge in [0.2, 0.25) is 0 Å². The van der Waals surface area contributed by atoms with E-state index in [9.17, 15) is 4.79 Å². The molecule has 1 aliphatic heterocycles. The van der Waals surface area contributed by atoms with E-state index in [0.717, 1.165) is 43.7 Å². The lowest BCUT2D eigenvalue weighted by Crippen LogP contribution is -2.56. The summed E-state index contributed by atoms with van der Waals surface area (Å²) < 4.78 is 6.26. The van der Waals surface area contributed by atoms with E-state index in [-0.39, 0.29) is 5.91 Å². The molecule has 1 aliphatic carbocycles. The highest BCUT2D eigenvalue weighted by molar-refractivity contribution is 5.85. The third-order valence-electron chi connectivity index (χ3n) is 5.40. The highest BCUT2D eigenvalue weighted by Crippen LogP contribution is 2.29. The Hall–Kier alpha value is -2.41. The molecule has 2 aliphatic rings. The van der Waals surface area contributed by atoms with Gasteiger partial charge >= 0.3 is 0 Å². The van der Waals surface area contributed by atoms with Crippen LogP contribution in [0.3, 0.4) is 0 Å².